The third kappa shape index (κ3) is 3.22. The average Bonchev–Trinajstić information content (AvgIpc) is 2.15. The molecule has 0 atom stereocenters. The molecule has 1 aliphatic rings. The molecule has 0 aromatic heterocycles. The van der Waals surface area contributed by atoms with E-state index < -0.39 is 5.97 Å². The van der Waals surface area contributed by atoms with Crippen LogP contribution in [0.5, 0.6) is 0 Å². The van der Waals surface area contributed by atoms with E-state index in [0.29, 0.717) is 13.0 Å². The van der Waals surface area contributed by atoms with E-state index in [4.69, 9.17) is 5.11 Å². The number of amides is 1. The predicted molar refractivity (Wildman–Crippen MR) is 40.3 cm³/mol. The van der Waals surface area contributed by atoms with Crippen LogP contribution in [0.3, 0.4) is 0 Å². The number of carboxylic acid groups (broad SMARTS) is 1. The molecule has 1 aliphatic heterocycles. The quantitative estimate of drug-likeness (QED) is 0.527. The summed E-state index contributed by atoms with van der Waals surface area (Å²) in [5, 5.41) is 8.28. The molecule has 0 unspecified atom stereocenters. The Labute approximate surface area is 86.8 Å². The minimum absolute atomic E-state index is 0. The zero-order valence-corrected chi connectivity index (χ0v) is 5.41. The molecule has 1 heterocycles. The van der Waals surface area contributed by atoms with Crippen LogP contribution in [0.25, 0.3) is 0 Å². The average molecular weight is 166 g/mol. The Hall–Kier alpha value is -0.0600. The van der Waals surface area contributed by atoms with Gasteiger partial charge in [0.25, 0.3) is 0 Å². The van der Waals surface area contributed by atoms with Crippen LogP contribution in [0, 0.1) is 6.42 Å². The Bertz CT molecular complexity index is 171. The predicted octanol–water partition coefficient (Wildman–Crippen LogP) is -1.14. The standard InChI is InChI=1S/C6H8NO3.Na.H/c8-5-2-1-3-7(5)4-6(9)10;;/h2H,1,3-4H2,(H,9,10);;. The van der Waals surface area contributed by atoms with Gasteiger partial charge in [0.2, 0.25) is 5.91 Å². The molecule has 1 rings (SSSR count). The topological polar surface area (TPSA) is 57.6 Å². The number of carboxylic acids is 1. The fourth-order valence-corrected chi connectivity index (χ4v) is 0.903. The molecule has 11 heavy (non-hydrogen) atoms. The van der Waals surface area contributed by atoms with Gasteiger partial charge in [-0.1, -0.05) is 0 Å². The summed E-state index contributed by atoms with van der Waals surface area (Å²) in [4.78, 5) is 22.1. The van der Waals surface area contributed by atoms with E-state index in [1.165, 1.54) is 11.3 Å². The van der Waals surface area contributed by atoms with Gasteiger partial charge >= 0.3 is 35.5 Å². The Balaban J connectivity index is 0.000001000. The van der Waals surface area contributed by atoms with Crippen LogP contribution in [0.1, 0.15) is 6.42 Å². The summed E-state index contributed by atoms with van der Waals surface area (Å²) in [7, 11) is 0. The van der Waals surface area contributed by atoms with E-state index in [2.05, 4.69) is 0 Å². The van der Waals surface area contributed by atoms with E-state index in [9.17, 15) is 9.59 Å². The van der Waals surface area contributed by atoms with Crippen LogP contribution in [0.2, 0.25) is 0 Å². The minimum atomic E-state index is -0.955. The fraction of sp³-hybridized carbons (Fsp3) is 0.500. The number of rotatable bonds is 2. The second kappa shape index (κ2) is 4.74. The summed E-state index contributed by atoms with van der Waals surface area (Å²) in [6.45, 7) is 0.375. The van der Waals surface area contributed by atoms with Crippen molar-refractivity contribution in [2.75, 3.05) is 13.1 Å². The molecule has 1 radical (unpaired) electrons. The number of nitrogens with zero attached hydrogens (tertiary/aromatic N) is 1. The van der Waals surface area contributed by atoms with E-state index >= 15 is 0 Å². The molecule has 1 amide bonds. The molecule has 4 nitrogen and oxygen atoms in total. The Morgan fingerprint density at radius 2 is 2.36 bits per heavy atom. The number of likely N-dealkylation sites (tertiary alicyclic amines) is 1. The maximum absolute atomic E-state index is 10.7. The van der Waals surface area contributed by atoms with Gasteiger partial charge in [0.05, 0.1) is 6.42 Å². The molecule has 5 heteroatoms. The molecule has 1 fully saturated rings. The molecule has 0 aromatic carbocycles. The van der Waals surface area contributed by atoms with Crippen LogP contribution >= 0.6 is 0 Å². The van der Waals surface area contributed by atoms with Gasteiger partial charge in [0.1, 0.15) is 6.54 Å². The molecule has 0 aromatic rings. The SMILES string of the molecule is O=C(O)CN1CC[CH]C1=O.[NaH]. The van der Waals surface area contributed by atoms with E-state index in [-0.39, 0.29) is 42.0 Å². The number of aliphatic carboxylic acids is 1. The van der Waals surface area contributed by atoms with Crippen molar-refractivity contribution in [1.29, 1.82) is 0 Å². The number of hydrogen-bond acceptors (Lipinski definition) is 2. The van der Waals surface area contributed by atoms with Gasteiger partial charge < -0.3 is 10.0 Å². The summed E-state index contributed by atoms with van der Waals surface area (Å²) in [6.07, 6.45) is 2.18. The van der Waals surface area contributed by atoms with Crippen molar-refractivity contribution in [3.8, 4) is 0 Å². The zero-order valence-electron chi connectivity index (χ0n) is 5.41. The first kappa shape index (κ1) is 10.9. The summed E-state index contributed by atoms with van der Waals surface area (Å²) < 4.78 is 0. The first-order valence-corrected chi connectivity index (χ1v) is 3.04. The Kier molecular flexibility index (Phi) is 4.72. The number of hydrogen-bond donors (Lipinski definition) is 1. The van der Waals surface area contributed by atoms with Gasteiger partial charge in [-0.25, -0.2) is 0 Å². The first-order valence-electron chi connectivity index (χ1n) is 3.04. The maximum atomic E-state index is 10.7. The van der Waals surface area contributed by atoms with Crippen molar-refractivity contribution in [3.05, 3.63) is 6.42 Å². The van der Waals surface area contributed by atoms with Crippen molar-refractivity contribution in [2.45, 2.75) is 6.42 Å². The number of carbonyl (C=O) groups excluding carboxylic acids is 1. The first-order chi connectivity index (χ1) is 4.70. The van der Waals surface area contributed by atoms with Crippen molar-refractivity contribution in [2.24, 2.45) is 0 Å². The van der Waals surface area contributed by atoms with Gasteiger partial charge in [0.15, 0.2) is 0 Å². The summed E-state index contributed by atoms with van der Waals surface area (Å²) in [5.41, 5.74) is 0. The summed E-state index contributed by atoms with van der Waals surface area (Å²) in [5.74, 6) is -1.12. The third-order valence-corrected chi connectivity index (χ3v) is 1.36. The Morgan fingerprint density at radius 3 is 2.73 bits per heavy atom. The summed E-state index contributed by atoms with van der Waals surface area (Å²) >= 11 is 0. The van der Waals surface area contributed by atoms with Crippen molar-refractivity contribution in [3.63, 3.8) is 0 Å². The second-order valence-corrected chi connectivity index (χ2v) is 2.15. The van der Waals surface area contributed by atoms with Gasteiger partial charge in [0, 0.05) is 6.54 Å². The molecule has 0 spiro atoms. The van der Waals surface area contributed by atoms with Gasteiger partial charge in [-0.2, -0.15) is 0 Å². The van der Waals surface area contributed by atoms with Crippen LogP contribution in [-0.2, 0) is 9.59 Å². The van der Waals surface area contributed by atoms with Crippen LogP contribution in [-0.4, -0.2) is 64.5 Å². The summed E-state index contributed by atoms with van der Waals surface area (Å²) in [6, 6.07) is 0. The molecule has 1 saturated heterocycles. The molecular weight excluding hydrogens is 157 g/mol. The van der Waals surface area contributed by atoms with E-state index in [0.717, 1.165) is 0 Å². The molecule has 57 valence electrons. The fourth-order valence-electron chi connectivity index (χ4n) is 0.903. The monoisotopic (exact) mass is 166 g/mol. The van der Waals surface area contributed by atoms with Crippen LogP contribution < -0.4 is 0 Å². The second-order valence-electron chi connectivity index (χ2n) is 2.15. The molecule has 0 aliphatic carbocycles. The molecular formula is C6H9NNaO3. The van der Waals surface area contributed by atoms with Crippen molar-refractivity contribution < 1.29 is 14.7 Å². The van der Waals surface area contributed by atoms with Crippen molar-refractivity contribution >= 4 is 41.4 Å². The van der Waals surface area contributed by atoms with E-state index in [1.54, 1.807) is 0 Å². The van der Waals surface area contributed by atoms with Crippen LogP contribution in [0.4, 0.5) is 0 Å². The Morgan fingerprint density at radius 1 is 1.73 bits per heavy atom. The van der Waals surface area contributed by atoms with Gasteiger partial charge in [-0.15, -0.1) is 0 Å². The van der Waals surface area contributed by atoms with Gasteiger partial charge in [-0.3, -0.25) is 9.59 Å². The normalized spacial score (nSPS) is 16.4. The molecule has 1 N–H and O–H groups in total. The van der Waals surface area contributed by atoms with E-state index in [1.807, 2.05) is 0 Å². The van der Waals surface area contributed by atoms with Gasteiger partial charge in [-0.05, 0) is 6.42 Å². The number of carbonyl (C=O) groups is 2. The van der Waals surface area contributed by atoms with Crippen molar-refractivity contribution in [1.82, 2.24) is 4.90 Å². The van der Waals surface area contributed by atoms with Crippen LogP contribution in [0.15, 0.2) is 0 Å². The molecule has 0 bridgehead atoms. The third-order valence-electron chi connectivity index (χ3n) is 1.36. The zero-order chi connectivity index (χ0) is 7.56. The molecule has 0 saturated carbocycles.